The molecule has 0 saturated heterocycles. The summed E-state index contributed by atoms with van der Waals surface area (Å²) in [6.45, 7) is 1.55. The van der Waals surface area contributed by atoms with Crippen molar-refractivity contribution in [3.63, 3.8) is 0 Å². The van der Waals surface area contributed by atoms with Gasteiger partial charge in [0.1, 0.15) is 11.6 Å². The molecule has 3 rings (SSSR count). The SMILES string of the molecule is C[C@@H](Oc1ccc2ccccc2c1C=O)C(=O)Nc1ccc(F)cc1Cl. The molecule has 0 aliphatic rings. The number of hydrogen-bond donors (Lipinski definition) is 1. The van der Waals surface area contributed by atoms with Gasteiger partial charge in [-0.15, -0.1) is 0 Å². The second-order valence-electron chi connectivity index (χ2n) is 5.69. The van der Waals surface area contributed by atoms with Gasteiger partial charge in [0, 0.05) is 0 Å². The molecule has 0 aliphatic heterocycles. The minimum absolute atomic E-state index is 0.0878. The highest BCUT2D eigenvalue weighted by atomic mass is 35.5. The highest BCUT2D eigenvalue weighted by Crippen LogP contribution is 2.28. The van der Waals surface area contributed by atoms with Crippen molar-refractivity contribution in [2.75, 3.05) is 5.32 Å². The predicted octanol–water partition coefficient (Wildman–Crippen LogP) is 4.85. The maximum Gasteiger partial charge on any atom is 0.265 e. The molecule has 132 valence electrons. The van der Waals surface area contributed by atoms with Crippen LogP contribution in [0.2, 0.25) is 5.02 Å². The lowest BCUT2D eigenvalue weighted by Crippen LogP contribution is -2.30. The van der Waals surface area contributed by atoms with Gasteiger partial charge in [-0.2, -0.15) is 0 Å². The number of carbonyl (C=O) groups is 2. The molecular formula is C20H15ClFNO3. The zero-order chi connectivity index (χ0) is 18.7. The van der Waals surface area contributed by atoms with Crippen LogP contribution in [0.15, 0.2) is 54.6 Å². The summed E-state index contributed by atoms with van der Waals surface area (Å²) >= 11 is 5.91. The minimum atomic E-state index is -0.893. The zero-order valence-electron chi connectivity index (χ0n) is 13.8. The van der Waals surface area contributed by atoms with Crippen LogP contribution in [-0.4, -0.2) is 18.3 Å². The van der Waals surface area contributed by atoms with Gasteiger partial charge in [-0.05, 0) is 42.0 Å². The van der Waals surface area contributed by atoms with E-state index in [0.717, 1.165) is 16.8 Å². The molecule has 0 heterocycles. The largest absolute Gasteiger partial charge is 0.480 e. The van der Waals surface area contributed by atoms with E-state index in [1.807, 2.05) is 30.3 Å². The van der Waals surface area contributed by atoms with Crippen LogP contribution in [0.4, 0.5) is 10.1 Å². The molecule has 0 aromatic heterocycles. The molecule has 0 fully saturated rings. The number of fused-ring (bicyclic) bond motifs is 1. The third-order valence-corrected chi connectivity index (χ3v) is 4.22. The van der Waals surface area contributed by atoms with Gasteiger partial charge in [0.2, 0.25) is 0 Å². The first-order valence-corrected chi connectivity index (χ1v) is 8.27. The number of rotatable bonds is 5. The van der Waals surface area contributed by atoms with Crippen LogP contribution in [0.25, 0.3) is 10.8 Å². The Hall–Kier alpha value is -2.92. The summed E-state index contributed by atoms with van der Waals surface area (Å²) in [5.41, 5.74) is 0.658. The first kappa shape index (κ1) is 17.9. The number of benzene rings is 3. The van der Waals surface area contributed by atoms with Crippen LogP contribution in [0.3, 0.4) is 0 Å². The molecule has 1 amide bonds. The summed E-state index contributed by atoms with van der Waals surface area (Å²) in [5, 5.41) is 4.31. The summed E-state index contributed by atoms with van der Waals surface area (Å²) in [6.07, 6.45) is -0.185. The molecule has 0 bridgehead atoms. The number of ether oxygens (including phenoxy) is 1. The molecule has 6 heteroatoms. The van der Waals surface area contributed by atoms with E-state index in [-0.39, 0.29) is 10.7 Å². The fourth-order valence-corrected chi connectivity index (χ4v) is 2.78. The van der Waals surface area contributed by atoms with Gasteiger partial charge in [-0.3, -0.25) is 9.59 Å². The molecule has 3 aromatic carbocycles. The summed E-state index contributed by atoms with van der Waals surface area (Å²) < 4.78 is 18.8. The van der Waals surface area contributed by atoms with Crippen molar-refractivity contribution in [3.05, 3.63) is 71.0 Å². The first-order valence-electron chi connectivity index (χ1n) is 7.89. The second-order valence-corrected chi connectivity index (χ2v) is 6.10. The van der Waals surface area contributed by atoms with E-state index >= 15 is 0 Å². The highest BCUT2D eigenvalue weighted by Gasteiger charge is 2.18. The third-order valence-electron chi connectivity index (χ3n) is 3.91. The summed E-state index contributed by atoms with van der Waals surface area (Å²) in [5.74, 6) is -0.654. The van der Waals surface area contributed by atoms with Crippen LogP contribution in [-0.2, 0) is 4.79 Å². The fraction of sp³-hybridized carbons (Fsp3) is 0.100. The zero-order valence-corrected chi connectivity index (χ0v) is 14.6. The molecular weight excluding hydrogens is 357 g/mol. The molecule has 0 radical (unpaired) electrons. The molecule has 0 spiro atoms. The molecule has 1 N–H and O–H groups in total. The van der Waals surface area contributed by atoms with E-state index in [0.29, 0.717) is 17.6 Å². The predicted molar refractivity (Wildman–Crippen MR) is 99.5 cm³/mol. The Morgan fingerprint density at radius 3 is 2.69 bits per heavy atom. The molecule has 4 nitrogen and oxygen atoms in total. The van der Waals surface area contributed by atoms with Crippen molar-refractivity contribution in [2.45, 2.75) is 13.0 Å². The lowest BCUT2D eigenvalue weighted by atomic mass is 10.0. The average Bonchev–Trinajstić information content (AvgIpc) is 2.63. The van der Waals surface area contributed by atoms with Crippen molar-refractivity contribution < 1.29 is 18.7 Å². The van der Waals surface area contributed by atoms with Crippen molar-refractivity contribution in [2.24, 2.45) is 0 Å². The number of hydrogen-bond acceptors (Lipinski definition) is 3. The lowest BCUT2D eigenvalue weighted by molar-refractivity contribution is -0.122. The van der Waals surface area contributed by atoms with Gasteiger partial charge in [-0.1, -0.05) is 41.9 Å². The molecule has 26 heavy (non-hydrogen) atoms. The number of halogens is 2. The number of aldehydes is 1. The average molecular weight is 372 g/mol. The van der Waals surface area contributed by atoms with Crippen LogP contribution in [0.5, 0.6) is 5.75 Å². The Morgan fingerprint density at radius 1 is 1.19 bits per heavy atom. The Bertz CT molecular complexity index is 990. The monoisotopic (exact) mass is 371 g/mol. The van der Waals surface area contributed by atoms with Crippen molar-refractivity contribution >= 4 is 40.3 Å². The minimum Gasteiger partial charge on any atom is -0.480 e. The third kappa shape index (κ3) is 3.68. The summed E-state index contributed by atoms with van der Waals surface area (Å²) in [7, 11) is 0. The molecule has 3 aromatic rings. The fourth-order valence-electron chi connectivity index (χ4n) is 2.57. The van der Waals surface area contributed by atoms with Gasteiger partial charge in [0.25, 0.3) is 5.91 Å². The molecule has 0 unspecified atom stereocenters. The van der Waals surface area contributed by atoms with E-state index in [4.69, 9.17) is 16.3 Å². The Morgan fingerprint density at radius 2 is 1.96 bits per heavy atom. The van der Waals surface area contributed by atoms with E-state index in [1.165, 1.54) is 12.1 Å². The number of anilines is 1. The van der Waals surface area contributed by atoms with Crippen molar-refractivity contribution in [1.82, 2.24) is 0 Å². The summed E-state index contributed by atoms with van der Waals surface area (Å²) in [4.78, 5) is 23.9. The first-order chi connectivity index (χ1) is 12.5. The number of amides is 1. The Balaban J connectivity index is 1.81. The standard InChI is InChI=1S/C20H15ClFNO3/c1-12(20(25)23-18-8-7-14(22)10-17(18)21)26-19-9-6-13-4-2-3-5-15(13)16(19)11-24/h2-12H,1H3,(H,23,25)/t12-/m1/s1. The molecule has 0 saturated carbocycles. The number of carbonyl (C=O) groups excluding carboxylic acids is 2. The van der Waals surface area contributed by atoms with Crippen molar-refractivity contribution in [1.29, 1.82) is 0 Å². The highest BCUT2D eigenvalue weighted by molar-refractivity contribution is 6.33. The molecule has 1 atom stereocenters. The van der Waals surface area contributed by atoms with Gasteiger partial charge >= 0.3 is 0 Å². The van der Waals surface area contributed by atoms with Gasteiger partial charge in [-0.25, -0.2) is 4.39 Å². The second kappa shape index (κ2) is 7.54. The van der Waals surface area contributed by atoms with E-state index < -0.39 is 17.8 Å². The normalized spacial score (nSPS) is 11.8. The van der Waals surface area contributed by atoms with Crippen LogP contribution in [0, 0.1) is 5.82 Å². The van der Waals surface area contributed by atoms with Crippen molar-refractivity contribution in [3.8, 4) is 5.75 Å². The topological polar surface area (TPSA) is 55.4 Å². The van der Waals surface area contributed by atoms with Gasteiger partial charge < -0.3 is 10.1 Å². The van der Waals surface area contributed by atoms with Gasteiger partial charge in [0.15, 0.2) is 12.4 Å². The lowest BCUT2D eigenvalue weighted by Gasteiger charge is -2.17. The van der Waals surface area contributed by atoms with Gasteiger partial charge in [0.05, 0.1) is 16.3 Å². The quantitative estimate of drug-likeness (QED) is 0.652. The van der Waals surface area contributed by atoms with E-state index in [2.05, 4.69) is 5.32 Å². The maximum atomic E-state index is 13.1. The Kier molecular flexibility index (Phi) is 5.19. The maximum absolute atomic E-state index is 13.1. The van der Waals surface area contributed by atoms with E-state index in [9.17, 15) is 14.0 Å². The number of nitrogens with one attached hydrogen (secondary N) is 1. The smallest absolute Gasteiger partial charge is 0.265 e. The Labute approximate surface area is 154 Å². The van der Waals surface area contributed by atoms with E-state index in [1.54, 1.807) is 13.0 Å². The summed E-state index contributed by atoms with van der Waals surface area (Å²) in [6, 6.07) is 14.5. The molecule has 0 aliphatic carbocycles. The van der Waals surface area contributed by atoms with Crippen LogP contribution in [0.1, 0.15) is 17.3 Å². The van der Waals surface area contributed by atoms with Crippen LogP contribution >= 0.6 is 11.6 Å². The van der Waals surface area contributed by atoms with Crippen LogP contribution < -0.4 is 10.1 Å².